The number of ether oxygens (including phenoxy) is 1. The van der Waals surface area contributed by atoms with Crippen LogP contribution in [0.5, 0.6) is 0 Å². The molecule has 0 aromatic carbocycles. The van der Waals surface area contributed by atoms with Gasteiger partial charge in [-0.25, -0.2) is 13.2 Å². The Morgan fingerprint density at radius 2 is 1.89 bits per heavy atom. The maximum atomic E-state index is 11.7. The second-order valence-electron chi connectivity index (χ2n) is 4.36. The molecule has 1 heterocycles. The number of hydrogen-bond donors (Lipinski definition) is 1. The summed E-state index contributed by atoms with van der Waals surface area (Å²) in [5.74, 6) is -0.978. The van der Waals surface area contributed by atoms with Gasteiger partial charge in [0.05, 0.1) is 11.8 Å². The van der Waals surface area contributed by atoms with Gasteiger partial charge in [-0.3, -0.25) is 5.10 Å². The minimum Gasteiger partial charge on any atom is -0.458 e. The minimum atomic E-state index is -4.07. The van der Waals surface area contributed by atoms with E-state index in [1.807, 2.05) is 0 Å². The van der Waals surface area contributed by atoms with Crippen LogP contribution in [0.3, 0.4) is 0 Å². The van der Waals surface area contributed by atoms with Crippen LogP contribution < -0.4 is 0 Å². The first-order valence-electron chi connectivity index (χ1n) is 5.38. The van der Waals surface area contributed by atoms with Gasteiger partial charge >= 0.3 is 5.97 Å². The maximum absolute atomic E-state index is 11.7. The Hall–Kier alpha value is -1.08. The summed E-state index contributed by atoms with van der Waals surface area (Å²) in [7, 11) is 1.27. The molecule has 18 heavy (non-hydrogen) atoms. The lowest BCUT2D eigenvalue weighted by Crippen LogP contribution is -2.14. The van der Waals surface area contributed by atoms with Gasteiger partial charge in [0.15, 0.2) is 5.69 Å². The van der Waals surface area contributed by atoms with Crippen LogP contribution >= 0.6 is 10.7 Å². The molecule has 1 N–H and O–H groups in total. The van der Waals surface area contributed by atoms with Gasteiger partial charge < -0.3 is 4.74 Å². The van der Waals surface area contributed by atoms with Gasteiger partial charge in [0, 0.05) is 10.7 Å². The Balaban J connectivity index is 3.34. The van der Waals surface area contributed by atoms with Crippen LogP contribution in [0.4, 0.5) is 0 Å². The molecule has 0 aliphatic rings. The molecule has 1 aromatic rings. The Bertz CT molecular complexity index is 548. The van der Waals surface area contributed by atoms with Crippen molar-refractivity contribution in [2.45, 2.75) is 44.6 Å². The van der Waals surface area contributed by atoms with E-state index in [9.17, 15) is 13.2 Å². The van der Waals surface area contributed by atoms with Crippen LogP contribution in [0, 0.1) is 0 Å². The van der Waals surface area contributed by atoms with E-state index in [0.717, 1.165) is 0 Å². The Morgan fingerprint density at radius 1 is 1.33 bits per heavy atom. The molecule has 0 aliphatic carbocycles. The first-order valence-corrected chi connectivity index (χ1v) is 7.69. The average molecular weight is 295 g/mol. The van der Waals surface area contributed by atoms with Crippen LogP contribution in [0.2, 0.25) is 0 Å². The number of H-pyrrole nitrogens is 1. The van der Waals surface area contributed by atoms with E-state index in [2.05, 4.69) is 10.2 Å². The third-order valence-electron chi connectivity index (χ3n) is 2.11. The zero-order valence-electron chi connectivity index (χ0n) is 10.5. The molecule has 1 rings (SSSR count). The minimum absolute atomic E-state index is 0.165. The van der Waals surface area contributed by atoms with Crippen molar-refractivity contribution in [3.63, 3.8) is 0 Å². The summed E-state index contributed by atoms with van der Waals surface area (Å²) >= 11 is 0. The fraction of sp³-hybridized carbons (Fsp3) is 0.600. The highest BCUT2D eigenvalue weighted by Gasteiger charge is 2.30. The van der Waals surface area contributed by atoms with Crippen molar-refractivity contribution in [2.75, 3.05) is 0 Å². The monoisotopic (exact) mass is 294 g/mol. The molecule has 0 unspecified atom stereocenters. The SMILES string of the molecule is CC(C)OC(=O)c1n[nH]c(C(C)C)c1S(=O)(=O)Cl. The highest BCUT2D eigenvalue weighted by Crippen LogP contribution is 2.28. The van der Waals surface area contributed by atoms with Crippen molar-refractivity contribution in [1.29, 1.82) is 0 Å². The third-order valence-corrected chi connectivity index (χ3v) is 3.47. The van der Waals surface area contributed by atoms with Crippen molar-refractivity contribution in [2.24, 2.45) is 0 Å². The number of carbonyl (C=O) groups is 1. The second kappa shape index (κ2) is 5.27. The standard InChI is InChI=1S/C10H15ClN2O4S/c1-5(2)7-9(18(11,15)16)8(13-12-7)10(14)17-6(3)4/h5-6H,1-4H3,(H,12,13). The predicted octanol–water partition coefficient (Wildman–Crippen LogP) is 2.03. The van der Waals surface area contributed by atoms with E-state index in [1.54, 1.807) is 27.7 Å². The maximum Gasteiger partial charge on any atom is 0.360 e. The molecule has 0 fully saturated rings. The van der Waals surface area contributed by atoms with E-state index in [0.29, 0.717) is 5.69 Å². The second-order valence-corrected chi connectivity index (χ2v) is 6.86. The van der Waals surface area contributed by atoms with Crippen molar-refractivity contribution >= 4 is 25.7 Å². The summed E-state index contributed by atoms with van der Waals surface area (Å²) in [4.78, 5) is 11.4. The fourth-order valence-corrected chi connectivity index (χ4v) is 2.76. The number of carbonyl (C=O) groups excluding carboxylic acids is 1. The molecule has 0 bridgehead atoms. The van der Waals surface area contributed by atoms with Crippen LogP contribution in [-0.4, -0.2) is 30.7 Å². The largest absolute Gasteiger partial charge is 0.458 e. The van der Waals surface area contributed by atoms with E-state index < -0.39 is 15.0 Å². The van der Waals surface area contributed by atoms with Gasteiger partial charge in [-0.05, 0) is 19.8 Å². The zero-order chi connectivity index (χ0) is 14.1. The highest BCUT2D eigenvalue weighted by molar-refractivity contribution is 8.13. The Morgan fingerprint density at radius 3 is 2.28 bits per heavy atom. The molecule has 0 saturated carbocycles. The van der Waals surface area contributed by atoms with Crippen LogP contribution in [0.1, 0.15) is 49.8 Å². The lowest BCUT2D eigenvalue weighted by molar-refractivity contribution is 0.0366. The number of aromatic amines is 1. The molecule has 102 valence electrons. The van der Waals surface area contributed by atoms with E-state index in [4.69, 9.17) is 15.4 Å². The van der Waals surface area contributed by atoms with Gasteiger partial charge in [-0.1, -0.05) is 13.8 Å². The van der Waals surface area contributed by atoms with Gasteiger partial charge in [0.2, 0.25) is 0 Å². The van der Waals surface area contributed by atoms with E-state index in [1.165, 1.54) is 0 Å². The summed E-state index contributed by atoms with van der Waals surface area (Å²) in [6.07, 6.45) is -0.373. The van der Waals surface area contributed by atoms with Crippen molar-refractivity contribution in [3.8, 4) is 0 Å². The zero-order valence-corrected chi connectivity index (χ0v) is 12.1. The molecular weight excluding hydrogens is 280 g/mol. The van der Waals surface area contributed by atoms with Crippen LogP contribution in [-0.2, 0) is 13.8 Å². The average Bonchev–Trinajstić information content (AvgIpc) is 2.59. The number of hydrogen-bond acceptors (Lipinski definition) is 5. The predicted molar refractivity (Wildman–Crippen MR) is 66.3 cm³/mol. The van der Waals surface area contributed by atoms with Gasteiger partial charge in [-0.15, -0.1) is 0 Å². The molecule has 0 atom stereocenters. The van der Waals surface area contributed by atoms with E-state index >= 15 is 0 Å². The fourth-order valence-electron chi connectivity index (χ4n) is 1.39. The molecule has 6 nitrogen and oxygen atoms in total. The van der Waals surface area contributed by atoms with Gasteiger partial charge in [0.1, 0.15) is 4.90 Å². The normalized spacial score (nSPS) is 12.2. The molecular formula is C10H15ClN2O4S. The number of rotatable bonds is 4. The van der Waals surface area contributed by atoms with Crippen molar-refractivity contribution < 1.29 is 17.9 Å². The quantitative estimate of drug-likeness (QED) is 0.678. The summed E-state index contributed by atoms with van der Waals surface area (Å²) < 4.78 is 28.0. The third kappa shape index (κ3) is 3.23. The highest BCUT2D eigenvalue weighted by atomic mass is 35.7. The van der Waals surface area contributed by atoms with Crippen molar-refractivity contribution in [3.05, 3.63) is 11.4 Å². The van der Waals surface area contributed by atoms with Crippen molar-refractivity contribution in [1.82, 2.24) is 10.2 Å². The smallest absolute Gasteiger partial charge is 0.360 e. The molecule has 1 aromatic heterocycles. The number of nitrogens with one attached hydrogen (secondary N) is 1. The summed E-state index contributed by atoms with van der Waals surface area (Å²) in [5, 5.41) is 6.21. The summed E-state index contributed by atoms with van der Waals surface area (Å²) in [6, 6.07) is 0. The lowest BCUT2D eigenvalue weighted by Gasteiger charge is -2.07. The lowest BCUT2D eigenvalue weighted by atomic mass is 10.1. The number of nitrogens with zero attached hydrogens (tertiary/aromatic N) is 1. The number of halogens is 1. The number of esters is 1. The number of aromatic nitrogens is 2. The Labute approximate surface area is 110 Å². The first kappa shape index (κ1) is 15.0. The topological polar surface area (TPSA) is 89.1 Å². The molecule has 0 amide bonds. The van der Waals surface area contributed by atoms with E-state index in [-0.39, 0.29) is 22.6 Å². The van der Waals surface area contributed by atoms with Gasteiger partial charge in [0.25, 0.3) is 9.05 Å². The Kier molecular flexibility index (Phi) is 4.39. The molecule has 0 saturated heterocycles. The molecule has 0 aliphatic heterocycles. The summed E-state index contributed by atoms with van der Waals surface area (Å²) in [6.45, 7) is 6.83. The van der Waals surface area contributed by atoms with Gasteiger partial charge in [-0.2, -0.15) is 5.10 Å². The molecule has 8 heteroatoms. The molecule has 0 spiro atoms. The molecule has 0 radical (unpaired) electrons. The van der Waals surface area contributed by atoms with Crippen LogP contribution in [0.25, 0.3) is 0 Å². The van der Waals surface area contributed by atoms with Crippen LogP contribution in [0.15, 0.2) is 4.90 Å². The summed E-state index contributed by atoms with van der Waals surface area (Å²) in [5.41, 5.74) is -0.0110. The first-order chi connectivity index (χ1) is 8.14.